The molecule has 1 aliphatic carbocycles. The predicted molar refractivity (Wildman–Crippen MR) is 88.5 cm³/mol. The highest BCUT2D eigenvalue weighted by molar-refractivity contribution is 5.76. The number of hydrogen-bond acceptors (Lipinski definition) is 2. The molecule has 1 rings (SSSR count). The summed E-state index contributed by atoms with van der Waals surface area (Å²) in [5.74, 6) is 0.851. The molecule has 1 saturated carbocycles. The van der Waals surface area contributed by atoms with Crippen LogP contribution in [-0.4, -0.2) is 25.0 Å². The van der Waals surface area contributed by atoms with Crippen LogP contribution in [0.2, 0.25) is 0 Å². The first kappa shape index (κ1) is 17.4. The monoisotopic (exact) mass is 279 g/mol. The zero-order valence-electron chi connectivity index (χ0n) is 14.1. The van der Waals surface area contributed by atoms with Gasteiger partial charge in [0.2, 0.25) is 0 Å². The van der Waals surface area contributed by atoms with Crippen molar-refractivity contribution < 1.29 is 4.74 Å². The Morgan fingerprint density at radius 3 is 2.35 bits per heavy atom. The molecule has 1 aliphatic rings. The van der Waals surface area contributed by atoms with Gasteiger partial charge in [-0.2, -0.15) is 0 Å². The smallest absolute Gasteiger partial charge is 0.0771 e. The first-order valence-corrected chi connectivity index (χ1v) is 8.13. The molecule has 1 atom stereocenters. The van der Waals surface area contributed by atoms with Gasteiger partial charge in [-0.15, -0.1) is 0 Å². The molecule has 0 aromatic rings. The van der Waals surface area contributed by atoms with Crippen molar-refractivity contribution in [3.63, 3.8) is 0 Å². The largest absolute Gasteiger partial charge is 0.373 e. The van der Waals surface area contributed by atoms with Crippen LogP contribution in [0, 0.1) is 11.3 Å². The van der Waals surface area contributed by atoms with E-state index in [9.17, 15) is 0 Å². The van der Waals surface area contributed by atoms with E-state index in [2.05, 4.69) is 39.3 Å². The molecule has 1 fully saturated rings. The van der Waals surface area contributed by atoms with Gasteiger partial charge in [-0.05, 0) is 55.9 Å². The fourth-order valence-electron chi connectivity index (χ4n) is 2.93. The van der Waals surface area contributed by atoms with Gasteiger partial charge in [0, 0.05) is 6.21 Å². The van der Waals surface area contributed by atoms with Crippen molar-refractivity contribution in [1.82, 2.24) is 0 Å². The van der Waals surface area contributed by atoms with E-state index in [1.807, 2.05) is 13.1 Å². The topological polar surface area (TPSA) is 21.6 Å². The van der Waals surface area contributed by atoms with Gasteiger partial charge >= 0.3 is 0 Å². The molecule has 2 nitrogen and oxygen atoms in total. The van der Waals surface area contributed by atoms with Crippen molar-refractivity contribution >= 4 is 6.21 Å². The summed E-state index contributed by atoms with van der Waals surface area (Å²) < 4.78 is 6.24. The third kappa shape index (κ3) is 6.21. The van der Waals surface area contributed by atoms with E-state index < -0.39 is 0 Å². The lowest BCUT2D eigenvalue weighted by Crippen LogP contribution is -2.32. The summed E-state index contributed by atoms with van der Waals surface area (Å²) in [6.45, 7) is 15.8. The van der Waals surface area contributed by atoms with Crippen molar-refractivity contribution in [3.8, 4) is 0 Å². The van der Waals surface area contributed by atoms with Crippen molar-refractivity contribution in [3.05, 3.63) is 12.2 Å². The van der Waals surface area contributed by atoms with Crippen molar-refractivity contribution in [1.29, 1.82) is 0 Å². The molecule has 20 heavy (non-hydrogen) atoms. The van der Waals surface area contributed by atoms with Crippen LogP contribution in [-0.2, 0) is 4.74 Å². The Hall–Kier alpha value is -0.630. The quantitative estimate of drug-likeness (QED) is 0.625. The van der Waals surface area contributed by atoms with Gasteiger partial charge in [-0.25, -0.2) is 0 Å². The summed E-state index contributed by atoms with van der Waals surface area (Å²) in [4.78, 5) is 4.41. The van der Waals surface area contributed by atoms with E-state index in [-0.39, 0.29) is 6.10 Å². The van der Waals surface area contributed by atoms with Crippen LogP contribution in [0.4, 0.5) is 0 Å². The minimum Gasteiger partial charge on any atom is -0.373 e. The van der Waals surface area contributed by atoms with E-state index in [1.54, 1.807) is 0 Å². The van der Waals surface area contributed by atoms with E-state index in [0.717, 1.165) is 24.5 Å². The summed E-state index contributed by atoms with van der Waals surface area (Å²) in [6.07, 6.45) is 8.63. The molecule has 0 aliphatic heterocycles. The number of nitrogens with zero attached hydrogens (tertiary/aromatic N) is 1. The summed E-state index contributed by atoms with van der Waals surface area (Å²) in [7, 11) is 0. The maximum absolute atomic E-state index is 6.24. The fraction of sp³-hybridized carbons (Fsp3) is 0.833. The molecular weight excluding hydrogens is 246 g/mol. The van der Waals surface area contributed by atoms with Gasteiger partial charge in [0.15, 0.2) is 0 Å². The highest BCUT2D eigenvalue weighted by Crippen LogP contribution is 2.38. The first-order valence-electron chi connectivity index (χ1n) is 8.13. The molecule has 0 aromatic heterocycles. The lowest BCUT2D eigenvalue weighted by molar-refractivity contribution is -0.0414. The third-order valence-corrected chi connectivity index (χ3v) is 4.36. The molecule has 0 heterocycles. The van der Waals surface area contributed by atoms with E-state index in [0.29, 0.717) is 11.5 Å². The Balaban J connectivity index is 2.35. The number of ether oxygens (including phenoxy) is 1. The summed E-state index contributed by atoms with van der Waals surface area (Å²) in [5.41, 5.74) is 1.45. The fourth-order valence-corrected chi connectivity index (χ4v) is 2.93. The van der Waals surface area contributed by atoms with E-state index in [4.69, 9.17) is 4.74 Å². The van der Waals surface area contributed by atoms with Gasteiger partial charge in [0.1, 0.15) is 0 Å². The lowest BCUT2D eigenvalue weighted by Gasteiger charge is -2.37. The molecule has 0 N–H and O–H groups in total. The minimum absolute atomic E-state index is 0.266. The average molecular weight is 279 g/mol. The maximum Gasteiger partial charge on any atom is 0.0771 e. The Morgan fingerprint density at radius 1 is 1.30 bits per heavy atom. The standard InChI is InChI=1S/C18H33NO/c1-7-16(13-19-12-14(2)3)20-17-10-8-15(9-11-17)18(4,5)6/h12,15-17H,2,7-11,13H2,1,3-6H3/b19-12-/t15-,16?,17-. The van der Waals surface area contributed by atoms with Gasteiger partial charge in [-0.3, -0.25) is 4.99 Å². The number of hydrogen-bond donors (Lipinski definition) is 0. The summed E-state index contributed by atoms with van der Waals surface area (Å²) in [5, 5.41) is 0. The van der Waals surface area contributed by atoms with Crippen molar-refractivity contribution in [2.45, 2.75) is 78.9 Å². The maximum atomic E-state index is 6.24. The first-order chi connectivity index (χ1) is 9.32. The Bertz CT molecular complexity index is 319. The number of rotatable bonds is 6. The second-order valence-corrected chi connectivity index (χ2v) is 7.35. The molecule has 0 spiro atoms. The van der Waals surface area contributed by atoms with Crippen LogP contribution in [0.15, 0.2) is 17.1 Å². The molecule has 0 aromatic carbocycles. The zero-order chi connectivity index (χ0) is 15.2. The molecule has 0 bridgehead atoms. The van der Waals surface area contributed by atoms with Crippen LogP contribution in [0.1, 0.15) is 66.7 Å². The highest BCUT2D eigenvalue weighted by atomic mass is 16.5. The summed E-state index contributed by atoms with van der Waals surface area (Å²) in [6, 6.07) is 0. The summed E-state index contributed by atoms with van der Waals surface area (Å²) >= 11 is 0. The van der Waals surface area contributed by atoms with E-state index >= 15 is 0 Å². The SMILES string of the molecule is C=C(C)/C=N\CC(CC)O[C@H]1CC[C@H](C(C)(C)C)CC1. The second-order valence-electron chi connectivity index (χ2n) is 7.35. The normalized spacial score (nSPS) is 25.9. The van der Waals surface area contributed by atoms with Crippen molar-refractivity contribution in [2.24, 2.45) is 16.3 Å². The Labute approximate surface area is 125 Å². The molecule has 0 amide bonds. The Kier molecular flexibility index (Phi) is 6.94. The number of aliphatic imine (C=N–C) groups is 1. The predicted octanol–water partition coefficient (Wildman–Crippen LogP) is 5.03. The molecule has 0 radical (unpaired) electrons. The van der Waals surface area contributed by atoms with Crippen LogP contribution < -0.4 is 0 Å². The number of allylic oxidation sites excluding steroid dienone is 1. The highest BCUT2D eigenvalue weighted by Gasteiger charge is 2.30. The Morgan fingerprint density at radius 2 is 1.90 bits per heavy atom. The zero-order valence-corrected chi connectivity index (χ0v) is 14.1. The van der Waals surface area contributed by atoms with E-state index in [1.165, 1.54) is 25.7 Å². The minimum atomic E-state index is 0.266. The van der Waals surface area contributed by atoms with Gasteiger partial charge in [-0.1, -0.05) is 34.3 Å². The lowest BCUT2D eigenvalue weighted by atomic mass is 9.72. The molecule has 116 valence electrons. The van der Waals surface area contributed by atoms with Gasteiger partial charge in [0.05, 0.1) is 18.8 Å². The third-order valence-electron chi connectivity index (χ3n) is 4.36. The van der Waals surface area contributed by atoms with Crippen molar-refractivity contribution in [2.75, 3.05) is 6.54 Å². The second kappa shape index (κ2) is 7.97. The van der Waals surface area contributed by atoms with Crippen LogP contribution in [0.25, 0.3) is 0 Å². The average Bonchev–Trinajstić information content (AvgIpc) is 2.36. The van der Waals surface area contributed by atoms with Crippen LogP contribution in [0.3, 0.4) is 0 Å². The molecule has 0 saturated heterocycles. The molecule has 1 unspecified atom stereocenters. The van der Waals surface area contributed by atoms with Gasteiger partial charge < -0.3 is 4.74 Å². The van der Waals surface area contributed by atoms with Gasteiger partial charge in [0.25, 0.3) is 0 Å². The molecular formula is C18H33NO. The molecule has 2 heteroatoms. The van der Waals surface area contributed by atoms with Crippen LogP contribution >= 0.6 is 0 Å². The van der Waals surface area contributed by atoms with Crippen LogP contribution in [0.5, 0.6) is 0 Å².